The van der Waals surface area contributed by atoms with Crippen LogP contribution >= 0.6 is 27.5 Å². The van der Waals surface area contributed by atoms with Crippen molar-refractivity contribution in [2.75, 3.05) is 13.7 Å². The summed E-state index contributed by atoms with van der Waals surface area (Å²) >= 11 is 10.0. The van der Waals surface area contributed by atoms with Gasteiger partial charge < -0.3 is 14.0 Å². The van der Waals surface area contributed by atoms with E-state index in [4.69, 9.17) is 21.1 Å². The van der Waals surface area contributed by atoms with Crippen LogP contribution in [0.3, 0.4) is 0 Å². The molecule has 35 heavy (non-hydrogen) atoms. The first-order valence-electron chi connectivity index (χ1n) is 11.6. The second-order valence-electron chi connectivity index (χ2n) is 8.80. The molecule has 0 aliphatic carbocycles. The molecular formula is C29H29BrClNO3. The average molecular weight is 555 g/mol. The van der Waals surface area contributed by atoms with E-state index in [2.05, 4.69) is 45.6 Å². The number of aromatic nitrogens is 1. The Morgan fingerprint density at radius 3 is 2.37 bits per heavy atom. The molecule has 4 rings (SSSR count). The number of ether oxygens (including phenoxy) is 2. The number of benzene rings is 3. The van der Waals surface area contributed by atoms with Gasteiger partial charge in [0.15, 0.2) is 0 Å². The molecule has 4 nitrogen and oxygen atoms in total. The van der Waals surface area contributed by atoms with Gasteiger partial charge in [0.05, 0.1) is 24.8 Å². The van der Waals surface area contributed by atoms with Crippen molar-refractivity contribution in [3.63, 3.8) is 0 Å². The second kappa shape index (κ2) is 10.9. The molecule has 0 atom stereocenters. The summed E-state index contributed by atoms with van der Waals surface area (Å²) in [6.45, 7) is 7.53. The lowest BCUT2D eigenvalue weighted by molar-refractivity contribution is 0.0600. The molecule has 0 aliphatic rings. The number of nitrogens with zero attached hydrogens (tertiary/aromatic N) is 1. The molecule has 0 fully saturated rings. The first-order chi connectivity index (χ1) is 16.8. The summed E-state index contributed by atoms with van der Waals surface area (Å²) in [5, 5.41) is 2.05. The fourth-order valence-electron chi connectivity index (χ4n) is 4.55. The number of halogens is 2. The van der Waals surface area contributed by atoms with E-state index >= 15 is 0 Å². The predicted molar refractivity (Wildman–Crippen MR) is 146 cm³/mol. The molecule has 0 saturated carbocycles. The maximum atomic E-state index is 11.8. The number of carbonyl (C=O) groups excluding carboxylic acids is 1. The van der Waals surface area contributed by atoms with Gasteiger partial charge in [0.25, 0.3) is 0 Å². The van der Waals surface area contributed by atoms with Crippen molar-refractivity contribution in [2.24, 2.45) is 0 Å². The lowest BCUT2D eigenvalue weighted by Gasteiger charge is -2.11. The Morgan fingerprint density at radius 1 is 1.03 bits per heavy atom. The molecule has 0 N–H and O–H groups in total. The zero-order valence-electron chi connectivity index (χ0n) is 20.5. The van der Waals surface area contributed by atoms with Gasteiger partial charge in [-0.25, -0.2) is 4.79 Å². The Hall–Kier alpha value is -2.76. The zero-order valence-corrected chi connectivity index (χ0v) is 22.8. The van der Waals surface area contributed by atoms with E-state index < -0.39 is 0 Å². The van der Waals surface area contributed by atoms with E-state index in [1.807, 2.05) is 50.2 Å². The van der Waals surface area contributed by atoms with E-state index in [1.165, 1.54) is 29.3 Å². The van der Waals surface area contributed by atoms with Gasteiger partial charge in [-0.1, -0.05) is 35.9 Å². The van der Waals surface area contributed by atoms with Crippen molar-refractivity contribution >= 4 is 44.4 Å². The maximum absolute atomic E-state index is 11.8. The van der Waals surface area contributed by atoms with Gasteiger partial charge in [0.1, 0.15) is 5.75 Å². The highest BCUT2D eigenvalue weighted by atomic mass is 79.9. The van der Waals surface area contributed by atoms with Gasteiger partial charge in [-0.3, -0.25) is 0 Å². The molecule has 0 spiro atoms. The zero-order chi connectivity index (χ0) is 25.1. The average Bonchev–Trinajstić information content (AvgIpc) is 3.11. The highest BCUT2D eigenvalue weighted by Gasteiger charge is 2.17. The van der Waals surface area contributed by atoms with Crippen molar-refractivity contribution in [2.45, 2.75) is 40.2 Å². The van der Waals surface area contributed by atoms with Crippen LogP contribution in [0.1, 0.15) is 44.7 Å². The highest BCUT2D eigenvalue weighted by Crippen LogP contribution is 2.33. The number of hydrogen-bond donors (Lipinski definition) is 0. The Balaban J connectivity index is 1.54. The van der Waals surface area contributed by atoms with Crippen LogP contribution in [-0.4, -0.2) is 24.3 Å². The van der Waals surface area contributed by atoms with Crippen LogP contribution in [0.4, 0.5) is 0 Å². The summed E-state index contributed by atoms with van der Waals surface area (Å²) in [5.74, 6) is 0.539. The monoisotopic (exact) mass is 553 g/mol. The van der Waals surface area contributed by atoms with Crippen molar-refractivity contribution in [3.8, 4) is 5.75 Å². The quantitative estimate of drug-likeness (QED) is 0.165. The standard InChI is InChI=1S/C29H29BrClNO3/c1-18-15-23(16-19(2)27(18)31)35-14-6-8-24-20(3)32(28-25(24)7-5-9-26(28)30)17-21-10-12-22(13-11-21)29(33)34-4/h5,7,9-13,15-16H,6,8,14,17H2,1-4H3. The van der Waals surface area contributed by atoms with Crippen molar-refractivity contribution in [1.82, 2.24) is 4.57 Å². The summed E-state index contributed by atoms with van der Waals surface area (Å²) in [5.41, 5.74) is 7.49. The smallest absolute Gasteiger partial charge is 0.337 e. The molecule has 0 bridgehead atoms. The number of carbonyl (C=O) groups is 1. The van der Waals surface area contributed by atoms with E-state index in [0.717, 1.165) is 44.8 Å². The number of para-hydroxylation sites is 1. The fourth-order valence-corrected chi connectivity index (χ4v) is 5.24. The third-order valence-corrected chi connectivity index (χ3v) is 7.63. The lowest BCUT2D eigenvalue weighted by Crippen LogP contribution is -2.05. The normalized spacial score (nSPS) is 11.1. The van der Waals surface area contributed by atoms with Crippen LogP contribution in [0.2, 0.25) is 5.02 Å². The molecule has 182 valence electrons. The molecule has 6 heteroatoms. The second-order valence-corrected chi connectivity index (χ2v) is 10.0. The number of hydrogen-bond acceptors (Lipinski definition) is 3. The van der Waals surface area contributed by atoms with Gasteiger partial charge in [-0.2, -0.15) is 0 Å². The SMILES string of the molecule is COC(=O)c1ccc(Cn2c(C)c(CCCOc3cc(C)c(Cl)c(C)c3)c3cccc(Br)c32)cc1. The minimum atomic E-state index is -0.324. The number of fused-ring (bicyclic) bond motifs is 1. The Bertz CT molecular complexity index is 1350. The molecule has 0 radical (unpaired) electrons. The van der Waals surface area contributed by atoms with Gasteiger partial charge >= 0.3 is 5.97 Å². The van der Waals surface area contributed by atoms with Crippen LogP contribution in [-0.2, 0) is 17.7 Å². The third-order valence-electron chi connectivity index (χ3n) is 6.39. The van der Waals surface area contributed by atoms with E-state index in [-0.39, 0.29) is 5.97 Å². The first-order valence-corrected chi connectivity index (χ1v) is 12.8. The molecule has 0 amide bonds. The Labute approximate surface area is 219 Å². The van der Waals surface area contributed by atoms with Crippen LogP contribution < -0.4 is 4.74 Å². The van der Waals surface area contributed by atoms with Gasteiger partial charge in [-0.05, 0) is 102 Å². The lowest BCUT2D eigenvalue weighted by atomic mass is 10.1. The Kier molecular flexibility index (Phi) is 7.88. The maximum Gasteiger partial charge on any atom is 0.337 e. The minimum Gasteiger partial charge on any atom is -0.494 e. The molecule has 0 aliphatic heterocycles. The minimum absolute atomic E-state index is 0.324. The van der Waals surface area contributed by atoms with E-state index in [0.29, 0.717) is 18.7 Å². The summed E-state index contributed by atoms with van der Waals surface area (Å²) in [6, 6.07) is 17.9. The molecule has 1 heterocycles. The molecule has 4 aromatic rings. The molecule has 3 aromatic carbocycles. The number of aryl methyl sites for hydroxylation is 3. The largest absolute Gasteiger partial charge is 0.494 e. The van der Waals surface area contributed by atoms with E-state index in [9.17, 15) is 4.79 Å². The molecule has 0 unspecified atom stereocenters. The first kappa shape index (κ1) is 25.3. The van der Waals surface area contributed by atoms with Crippen LogP contribution in [0.25, 0.3) is 10.9 Å². The summed E-state index contributed by atoms with van der Waals surface area (Å²) in [7, 11) is 1.40. The predicted octanol–water partition coefficient (Wildman–Crippen LogP) is 7.83. The van der Waals surface area contributed by atoms with Crippen molar-refractivity contribution < 1.29 is 14.3 Å². The van der Waals surface area contributed by atoms with Gasteiger partial charge in [0.2, 0.25) is 0 Å². The molecule has 0 saturated heterocycles. The molecule has 1 aromatic heterocycles. The summed E-state index contributed by atoms with van der Waals surface area (Å²) in [6.07, 6.45) is 1.82. The number of methoxy groups -OCH3 is 1. The number of esters is 1. The van der Waals surface area contributed by atoms with Crippen molar-refractivity contribution in [1.29, 1.82) is 0 Å². The topological polar surface area (TPSA) is 40.5 Å². The van der Waals surface area contributed by atoms with E-state index in [1.54, 1.807) is 0 Å². The van der Waals surface area contributed by atoms with Gasteiger partial charge in [-0.15, -0.1) is 0 Å². The van der Waals surface area contributed by atoms with Crippen LogP contribution in [0.5, 0.6) is 5.75 Å². The van der Waals surface area contributed by atoms with Crippen LogP contribution in [0, 0.1) is 20.8 Å². The summed E-state index contributed by atoms with van der Waals surface area (Å²) in [4.78, 5) is 11.8. The molecular weight excluding hydrogens is 526 g/mol. The van der Waals surface area contributed by atoms with Crippen LogP contribution in [0.15, 0.2) is 59.1 Å². The Morgan fingerprint density at radius 2 is 1.71 bits per heavy atom. The van der Waals surface area contributed by atoms with Crippen molar-refractivity contribution in [3.05, 3.63) is 97.6 Å². The number of rotatable bonds is 8. The third kappa shape index (κ3) is 5.41. The van der Waals surface area contributed by atoms with Gasteiger partial charge in [0, 0.05) is 27.1 Å². The highest BCUT2D eigenvalue weighted by molar-refractivity contribution is 9.10. The fraction of sp³-hybridized carbons (Fsp3) is 0.276. The summed E-state index contributed by atoms with van der Waals surface area (Å²) < 4.78 is 14.3.